The van der Waals surface area contributed by atoms with Gasteiger partial charge in [-0.05, 0) is 49.7 Å². The fraction of sp³-hybridized carbons (Fsp3) is 0.412. The predicted molar refractivity (Wildman–Crippen MR) is 82.1 cm³/mol. The first kappa shape index (κ1) is 14.1. The molecule has 1 saturated heterocycles. The van der Waals surface area contributed by atoms with Crippen molar-refractivity contribution in [2.75, 3.05) is 31.1 Å². The summed E-state index contributed by atoms with van der Waals surface area (Å²) in [4.78, 5) is 4.70. The molecule has 1 aliphatic heterocycles. The van der Waals surface area contributed by atoms with E-state index in [0.29, 0.717) is 0 Å². The third-order valence-electron chi connectivity index (χ3n) is 4.16. The normalized spacial score (nSPS) is 16.4. The molecule has 21 heavy (non-hydrogen) atoms. The molecule has 0 N–H and O–H groups in total. The van der Waals surface area contributed by atoms with Crippen LogP contribution in [-0.2, 0) is 6.54 Å². The Balaban J connectivity index is 1.56. The molecule has 0 saturated carbocycles. The highest BCUT2D eigenvalue weighted by atomic mass is 19.1. The zero-order chi connectivity index (χ0) is 14.8. The summed E-state index contributed by atoms with van der Waals surface area (Å²) in [7, 11) is 0. The topological polar surface area (TPSA) is 19.6 Å². The van der Waals surface area contributed by atoms with Crippen molar-refractivity contribution in [1.29, 1.82) is 0 Å². The van der Waals surface area contributed by atoms with Crippen LogP contribution in [0.15, 0.2) is 34.7 Å². The molecule has 0 aliphatic carbocycles. The molecule has 1 aromatic carbocycles. The Hall–Kier alpha value is -1.81. The van der Waals surface area contributed by atoms with E-state index in [1.807, 2.05) is 19.1 Å². The first-order valence-electron chi connectivity index (χ1n) is 7.40. The largest absolute Gasteiger partial charge is 0.465 e. The van der Waals surface area contributed by atoms with E-state index < -0.39 is 0 Å². The fourth-order valence-electron chi connectivity index (χ4n) is 2.76. The zero-order valence-electron chi connectivity index (χ0n) is 12.6. The summed E-state index contributed by atoms with van der Waals surface area (Å²) in [5, 5.41) is 0. The second kappa shape index (κ2) is 5.90. The third kappa shape index (κ3) is 3.27. The number of aryl methyl sites for hydroxylation is 2. The number of rotatable bonds is 3. The van der Waals surface area contributed by atoms with Crippen molar-refractivity contribution in [1.82, 2.24) is 4.90 Å². The molecule has 3 nitrogen and oxygen atoms in total. The lowest BCUT2D eigenvalue weighted by Crippen LogP contribution is -2.45. The Morgan fingerprint density at radius 1 is 1.05 bits per heavy atom. The lowest BCUT2D eigenvalue weighted by atomic mass is 10.2. The summed E-state index contributed by atoms with van der Waals surface area (Å²) in [6.07, 6.45) is 0. The number of hydrogen-bond donors (Lipinski definition) is 0. The molecule has 0 amide bonds. The van der Waals surface area contributed by atoms with Crippen molar-refractivity contribution >= 4 is 5.69 Å². The van der Waals surface area contributed by atoms with Gasteiger partial charge in [0.05, 0.1) is 6.54 Å². The molecule has 0 atom stereocenters. The summed E-state index contributed by atoms with van der Waals surface area (Å²) in [6, 6.07) is 8.88. The second-order valence-electron chi connectivity index (χ2n) is 5.69. The SMILES string of the molecule is Cc1cc(CN2CCN(c3ccc(F)cc3)CC2)oc1C. The summed E-state index contributed by atoms with van der Waals surface area (Å²) in [5.74, 6) is 1.87. The minimum atomic E-state index is -0.180. The van der Waals surface area contributed by atoms with Gasteiger partial charge in [0.2, 0.25) is 0 Å². The molecule has 2 heterocycles. The molecule has 0 bridgehead atoms. The van der Waals surface area contributed by atoms with Gasteiger partial charge in [0.1, 0.15) is 17.3 Å². The molecule has 0 radical (unpaired) electrons. The number of halogens is 1. The fourth-order valence-corrected chi connectivity index (χ4v) is 2.76. The molecular formula is C17H21FN2O. The van der Waals surface area contributed by atoms with E-state index in [0.717, 1.165) is 49.9 Å². The van der Waals surface area contributed by atoms with E-state index in [-0.39, 0.29) is 5.82 Å². The van der Waals surface area contributed by atoms with Crippen LogP contribution in [0.4, 0.5) is 10.1 Å². The second-order valence-corrected chi connectivity index (χ2v) is 5.69. The van der Waals surface area contributed by atoms with E-state index in [2.05, 4.69) is 22.8 Å². The van der Waals surface area contributed by atoms with Crippen molar-refractivity contribution in [2.24, 2.45) is 0 Å². The summed E-state index contributed by atoms with van der Waals surface area (Å²) in [5.41, 5.74) is 2.32. The Morgan fingerprint density at radius 3 is 2.29 bits per heavy atom. The van der Waals surface area contributed by atoms with Crippen LogP contribution in [0.3, 0.4) is 0 Å². The van der Waals surface area contributed by atoms with Crippen LogP contribution in [0.1, 0.15) is 17.1 Å². The van der Waals surface area contributed by atoms with Crippen molar-refractivity contribution in [3.05, 3.63) is 53.2 Å². The zero-order valence-corrected chi connectivity index (χ0v) is 12.6. The molecule has 0 spiro atoms. The molecule has 1 fully saturated rings. The quantitative estimate of drug-likeness (QED) is 0.863. The Labute approximate surface area is 125 Å². The van der Waals surface area contributed by atoms with Crippen molar-refractivity contribution in [2.45, 2.75) is 20.4 Å². The molecule has 112 valence electrons. The monoisotopic (exact) mass is 288 g/mol. The number of hydrogen-bond acceptors (Lipinski definition) is 3. The van der Waals surface area contributed by atoms with Gasteiger partial charge in [0, 0.05) is 31.9 Å². The van der Waals surface area contributed by atoms with Crippen LogP contribution >= 0.6 is 0 Å². The molecule has 0 unspecified atom stereocenters. The maximum Gasteiger partial charge on any atom is 0.123 e. The maximum absolute atomic E-state index is 13.0. The summed E-state index contributed by atoms with van der Waals surface area (Å²) in [6.45, 7) is 8.87. The third-order valence-corrected chi connectivity index (χ3v) is 4.16. The van der Waals surface area contributed by atoms with Crippen LogP contribution in [0.25, 0.3) is 0 Å². The number of nitrogens with zero attached hydrogens (tertiary/aromatic N) is 2. The van der Waals surface area contributed by atoms with Crippen LogP contribution in [0, 0.1) is 19.7 Å². The first-order chi connectivity index (χ1) is 10.1. The number of furan rings is 1. The highest BCUT2D eigenvalue weighted by Gasteiger charge is 2.18. The molecular weight excluding hydrogens is 267 g/mol. The van der Waals surface area contributed by atoms with Gasteiger partial charge in [-0.15, -0.1) is 0 Å². The average Bonchev–Trinajstić information content (AvgIpc) is 2.79. The van der Waals surface area contributed by atoms with E-state index >= 15 is 0 Å². The van der Waals surface area contributed by atoms with E-state index in [9.17, 15) is 4.39 Å². The van der Waals surface area contributed by atoms with E-state index in [4.69, 9.17) is 4.42 Å². The average molecular weight is 288 g/mol. The Kier molecular flexibility index (Phi) is 3.97. The van der Waals surface area contributed by atoms with Gasteiger partial charge in [-0.25, -0.2) is 4.39 Å². The molecule has 1 aliphatic rings. The Morgan fingerprint density at radius 2 is 1.71 bits per heavy atom. The van der Waals surface area contributed by atoms with Gasteiger partial charge in [0.25, 0.3) is 0 Å². The first-order valence-corrected chi connectivity index (χ1v) is 7.40. The highest BCUT2D eigenvalue weighted by molar-refractivity contribution is 5.46. The van der Waals surface area contributed by atoms with E-state index in [1.165, 1.54) is 17.7 Å². The summed E-state index contributed by atoms with van der Waals surface area (Å²) < 4.78 is 18.7. The van der Waals surface area contributed by atoms with Crippen LogP contribution in [0.2, 0.25) is 0 Å². The summed E-state index contributed by atoms with van der Waals surface area (Å²) >= 11 is 0. The molecule has 3 rings (SSSR count). The number of anilines is 1. The molecule has 1 aromatic heterocycles. The smallest absolute Gasteiger partial charge is 0.123 e. The number of benzene rings is 1. The minimum absolute atomic E-state index is 0.180. The van der Waals surface area contributed by atoms with Gasteiger partial charge < -0.3 is 9.32 Å². The van der Waals surface area contributed by atoms with Gasteiger partial charge in [-0.3, -0.25) is 4.90 Å². The minimum Gasteiger partial charge on any atom is -0.465 e. The van der Waals surface area contributed by atoms with Gasteiger partial charge >= 0.3 is 0 Å². The van der Waals surface area contributed by atoms with E-state index in [1.54, 1.807) is 0 Å². The van der Waals surface area contributed by atoms with Crippen molar-refractivity contribution in [3.8, 4) is 0 Å². The van der Waals surface area contributed by atoms with Crippen LogP contribution in [-0.4, -0.2) is 31.1 Å². The predicted octanol–water partition coefficient (Wildman–Crippen LogP) is 3.36. The molecule has 4 heteroatoms. The van der Waals surface area contributed by atoms with Crippen LogP contribution < -0.4 is 4.90 Å². The number of piperazine rings is 1. The lowest BCUT2D eigenvalue weighted by Gasteiger charge is -2.35. The van der Waals surface area contributed by atoms with Gasteiger partial charge in [-0.1, -0.05) is 0 Å². The van der Waals surface area contributed by atoms with Crippen molar-refractivity contribution in [3.63, 3.8) is 0 Å². The lowest BCUT2D eigenvalue weighted by molar-refractivity contribution is 0.229. The maximum atomic E-state index is 13.0. The molecule has 2 aromatic rings. The van der Waals surface area contributed by atoms with Gasteiger partial charge in [0.15, 0.2) is 0 Å². The Bertz CT molecular complexity index is 578. The van der Waals surface area contributed by atoms with Crippen LogP contribution in [0.5, 0.6) is 0 Å². The standard InChI is InChI=1S/C17H21FN2O/c1-13-11-17(21-14(13)2)12-19-7-9-20(10-8-19)16-5-3-15(18)4-6-16/h3-6,11H,7-10,12H2,1-2H3. The van der Waals surface area contributed by atoms with Crippen molar-refractivity contribution < 1.29 is 8.81 Å². The van der Waals surface area contributed by atoms with Gasteiger partial charge in [-0.2, -0.15) is 0 Å². The highest BCUT2D eigenvalue weighted by Crippen LogP contribution is 2.19.